The first-order valence-electron chi connectivity index (χ1n) is 4.64. The smallest absolute Gasteiger partial charge is 0.319 e. The Morgan fingerprint density at radius 1 is 1.36 bits per heavy atom. The average Bonchev–Trinajstić information content (AvgIpc) is 2.47. The van der Waals surface area contributed by atoms with Gasteiger partial charge in [-0.05, 0) is 12.3 Å². The molecule has 14 heavy (non-hydrogen) atoms. The van der Waals surface area contributed by atoms with Crippen molar-refractivity contribution in [3.63, 3.8) is 0 Å². The van der Waals surface area contributed by atoms with E-state index in [1.165, 1.54) is 0 Å². The Labute approximate surface area is 84.3 Å². The van der Waals surface area contributed by atoms with Crippen molar-refractivity contribution >= 4 is 12.0 Å². The van der Waals surface area contributed by atoms with Crippen LogP contribution in [0.5, 0.6) is 0 Å². The highest BCUT2D eigenvalue weighted by atomic mass is 16.4. The number of hydrogen-bond acceptors (Lipinski definition) is 5. The quantitative estimate of drug-likeness (QED) is 0.780. The minimum absolute atomic E-state index is 0.105. The summed E-state index contributed by atoms with van der Waals surface area (Å²) in [6.07, 6.45) is 0. The number of rotatable bonds is 2. The van der Waals surface area contributed by atoms with E-state index >= 15 is 0 Å². The van der Waals surface area contributed by atoms with Crippen molar-refractivity contribution in [1.29, 1.82) is 0 Å². The summed E-state index contributed by atoms with van der Waals surface area (Å²) >= 11 is 0. The number of nitrogen functional groups attached to an aromatic ring is 1. The van der Waals surface area contributed by atoms with Crippen LogP contribution in [0.25, 0.3) is 0 Å². The van der Waals surface area contributed by atoms with Gasteiger partial charge in [-0.15, -0.1) is 0 Å². The fourth-order valence-corrected chi connectivity index (χ4v) is 1.12. The molecule has 0 aliphatic heterocycles. The molecule has 1 aromatic heterocycles. The number of aromatic nitrogens is 2. The molecule has 0 aliphatic carbocycles. The molecule has 0 aliphatic rings. The second kappa shape index (κ2) is 3.48. The van der Waals surface area contributed by atoms with Crippen molar-refractivity contribution in [2.45, 2.75) is 33.7 Å². The molecule has 1 heterocycles. The summed E-state index contributed by atoms with van der Waals surface area (Å²) in [5.74, 6) is 0. The first-order chi connectivity index (χ1) is 6.32. The van der Waals surface area contributed by atoms with E-state index in [9.17, 15) is 0 Å². The monoisotopic (exact) mass is 198 g/mol. The van der Waals surface area contributed by atoms with E-state index in [4.69, 9.17) is 10.2 Å². The first-order valence-corrected chi connectivity index (χ1v) is 4.64. The molecule has 1 aromatic rings. The van der Waals surface area contributed by atoms with Gasteiger partial charge < -0.3 is 15.1 Å². The molecule has 0 radical (unpaired) electrons. The van der Waals surface area contributed by atoms with Crippen molar-refractivity contribution in [1.82, 2.24) is 10.2 Å². The summed E-state index contributed by atoms with van der Waals surface area (Å²) in [4.78, 5) is 1.93. The maximum atomic E-state index is 5.36. The van der Waals surface area contributed by atoms with Crippen LogP contribution in [0.15, 0.2) is 4.42 Å². The zero-order chi connectivity index (χ0) is 10.9. The van der Waals surface area contributed by atoms with Crippen LogP contribution in [0.1, 0.15) is 27.7 Å². The van der Waals surface area contributed by atoms with E-state index < -0.39 is 0 Å². The Hall–Kier alpha value is -1.26. The fraction of sp³-hybridized carbons (Fsp3) is 0.778. The molecule has 1 unspecified atom stereocenters. The summed E-state index contributed by atoms with van der Waals surface area (Å²) in [7, 11) is 1.92. The van der Waals surface area contributed by atoms with Gasteiger partial charge in [0.25, 0.3) is 0 Å². The number of hydrogen-bond donors (Lipinski definition) is 1. The molecule has 80 valence electrons. The van der Waals surface area contributed by atoms with E-state index in [-0.39, 0.29) is 11.4 Å². The van der Waals surface area contributed by atoms with E-state index in [0.717, 1.165) is 0 Å². The summed E-state index contributed by atoms with van der Waals surface area (Å²) in [5, 5.41) is 7.46. The fourth-order valence-electron chi connectivity index (χ4n) is 1.12. The largest absolute Gasteiger partial charge is 0.390 e. The SMILES string of the molecule is CC(N(C)c1nnc(N)o1)C(C)(C)C. The second-order valence-corrected chi connectivity index (χ2v) is 4.58. The molecule has 0 saturated heterocycles. The predicted octanol–water partition coefficient (Wildman–Crippen LogP) is 1.52. The van der Waals surface area contributed by atoms with Crippen molar-refractivity contribution in [2.24, 2.45) is 5.41 Å². The van der Waals surface area contributed by atoms with Gasteiger partial charge in [0.1, 0.15) is 0 Å². The molecule has 5 heteroatoms. The molecular formula is C9H18N4O. The van der Waals surface area contributed by atoms with Crippen molar-refractivity contribution in [3.05, 3.63) is 0 Å². The number of nitrogens with two attached hydrogens (primary N) is 1. The Bertz CT molecular complexity index is 302. The van der Waals surface area contributed by atoms with Gasteiger partial charge in [0, 0.05) is 13.1 Å². The maximum absolute atomic E-state index is 5.36. The standard InChI is InChI=1S/C9H18N4O/c1-6(9(2,3)4)13(5)8-12-11-7(10)14-8/h6H,1-5H3,(H2,10,11). The highest BCUT2D eigenvalue weighted by Gasteiger charge is 2.26. The first kappa shape index (κ1) is 10.8. The van der Waals surface area contributed by atoms with Crippen LogP contribution in [0.4, 0.5) is 12.0 Å². The molecule has 0 amide bonds. The van der Waals surface area contributed by atoms with Crippen LogP contribution < -0.4 is 10.6 Å². The summed E-state index contributed by atoms with van der Waals surface area (Å²) in [6.45, 7) is 8.59. The zero-order valence-electron chi connectivity index (χ0n) is 9.40. The third kappa shape index (κ3) is 2.16. The lowest BCUT2D eigenvalue weighted by atomic mass is 9.87. The summed E-state index contributed by atoms with van der Waals surface area (Å²) in [6, 6.07) is 0.861. The van der Waals surface area contributed by atoms with Crippen molar-refractivity contribution in [3.8, 4) is 0 Å². The molecule has 0 fully saturated rings. The highest BCUT2D eigenvalue weighted by Crippen LogP contribution is 2.26. The van der Waals surface area contributed by atoms with Gasteiger partial charge in [-0.3, -0.25) is 0 Å². The van der Waals surface area contributed by atoms with Gasteiger partial charge in [0.2, 0.25) is 0 Å². The third-order valence-corrected chi connectivity index (χ3v) is 2.57. The normalized spacial score (nSPS) is 14.1. The number of nitrogens with zero attached hydrogens (tertiary/aromatic N) is 3. The van der Waals surface area contributed by atoms with Gasteiger partial charge in [0.05, 0.1) is 0 Å². The van der Waals surface area contributed by atoms with E-state index in [1.807, 2.05) is 11.9 Å². The molecule has 5 nitrogen and oxygen atoms in total. The molecule has 0 aromatic carbocycles. The van der Waals surface area contributed by atoms with Crippen LogP contribution in [0.2, 0.25) is 0 Å². The lowest BCUT2D eigenvalue weighted by Gasteiger charge is -2.33. The van der Waals surface area contributed by atoms with E-state index in [1.54, 1.807) is 0 Å². The Balaban J connectivity index is 2.80. The average molecular weight is 198 g/mol. The second-order valence-electron chi connectivity index (χ2n) is 4.58. The summed E-state index contributed by atoms with van der Waals surface area (Å²) < 4.78 is 5.14. The van der Waals surface area contributed by atoms with Crippen molar-refractivity contribution < 1.29 is 4.42 Å². The zero-order valence-corrected chi connectivity index (χ0v) is 9.40. The van der Waals surface area contributed by atoms with Gasteiger partial charge in [-0.25, -0.2) is 0 Å². The van der Waals surface area contributed by atoms with Crippen LogP contribution in [-0.4, -0.2) is 23.3 Å². The number of anilines is 2. The van der Waals surface area contributed by atoms with Crippen molar-refractivity contribution in [2.75, 3.05) is 17.7 Å². The van der Waals surface area contributed by atoms with Crippen LogP contribution in [-0.2, 0) is 0 Å². The molecular weight excluding hydrogens is 180 g/mol. The molecule has 0 spiro atoms. The van der Waals surface area contributed by atoms with Gasteiger partial charge in [0.15, 0.2) is 0 Å². The Morgan fingerprint density at radius 2 is 1.93 bits per heavy atom. The molecule has 1 rings (SSSR count). The lowest BCUT2D eigenvalue weighted by Crippen LogP contribution is -2.39. The highest BCUT2D eigenvalue weighted by molar-refractivity contribution is 5.28. The Kier molecular flexibility index (Phi) is 2.69. The van der Waals surface area contributed by atoms with Crippen LogP contribution in [0.3, 0.4) is 0 Å². The van der Waals surface area contributed by atoms with E-state index in [0.29, 0.717) is 12.1 Å². The van der Waals surface area contributed by atoms with Crippen LogP contribution >= 0.6 is 0 Å². The molecule has 0 saturated carbocycles. The molecule has 0 bridgehead atoms. The predicted molar refractivity (Wildman–Crippen MR) is 56.0 cm³/mol. The summed E-state index contributed by atoms with van der Waals surface area (Å²) in [5.41, 5.74) is 5.51. The maximum Gasteiger partial charge on any atom is 0.319 e. The molecule has 2 N–H and O–H groups in total. The molecule has 1 atom stereocenters. The minimum Gasteiger partial charge on any atom is -0.390 e. The Morgan fingerprint density at radius 3 is 2.29 bits per heavy atom. The van der Waals surface area contributed by atoms with E-state index in [2.05, 4.69) is 37.9 Å². The third-order valence-electron chi connectivity index (χ3n) is 2.57. The lowest BCUT2D eigenvalue weighted by molar-refractivity contribution is 0.319. The topological polar surface area (TPSA) is 68.2 Å². The van der Waals surface area contributed by atoms with Gasteiger partial charge >= 0.3 is 12.0 Å². The van der Waals surface area contributed by atoms with Gasteiger partial charge in [-0.2, -0.15) is 0 Å². The van der Waals surface area contributed by atoms with Gasteiger partial charge in [-0.1, -0.05) is 31.0 Å². The minimum atomic E-state index is 0.105. The van der Waals surface area contributed by atoms with Crippen LogP contribution in [0, 0.1) is 5.41 Å².